The Hall–Kier alpha value is -3.00. The van der Waals surface area contributed by atoms with Gasteiger partial charge in [0.2, 0.25) is 5.91 Å². The molecule has 1 aliphatic rings. The quantitative estimate of drug-likeness (QED) is 0.670. The van der Waals surface area contributed by atoms with E-state index in [0.717, 1.165) is 28.5 Å². The monoisotopic (exact) mass is 364 g/mol. The van der Waals surface area contributed by atoms with Gasteiger partial charge >= 0.3 is 0 Å². The minimum atomic E-state index is -0.825. The van der Waals surface area contributed by atoms with Crippen LogP contribution < -0.4 is 5.32 Å². The smallest absolute Gasteiger partial charge is 0.235 e. The van der Waals surface area contributed by atoms with Crippen molar-refractivity contribution in [3.63, 3.8) is 0 Å². The summed E-state index contributed by atoms with van der Waals surface area (Å²) in [4.78, 5) is 29.6. The van der Waals surface area contributed by atoms with E-state index in [1.54, 1.807) is 6.92 Å². The standard InChI is InChI=1S/C22H21FN2O2/c1-4-6-14-9-13(3)19(15(5-2)10-14)20-21(26)18(25-22(20)27)11-17-8-7-16(23)12-24-17/h7-10,12,18,20H,5,11H2,1-3H3,(H,25,27). The number of nitrogens with one attached hydrogen (secondary N) is 1. The molecule has 1 saturated heterocycles. The third-order valence-corrected chi connectivity index (χ3v) is 4.82. The Labute approximate surface area is 158 Å². The maximum Gasteiger partial charge on any atom is 0.235 e. The molecule has 0 radical (unpaired) electrons. The third kappa shape index (κ3) is 3.75. The summed E-state index contributed by atoms with van der Waals surface area (Å²) < 4.78 is 13.0. The molecule has 2 atom stereocenters. The number of aromatic nitrogens is 1. The van der Waals surface area contributed by atoms with Gasteiger partial charge in [0.1, 0.15) is 11.7 Å². The average molecular weight is 364 g/mol. The fourth-order valence-corrected chi connectivity index (χ4v) is 3.61. The van der Waals surface area contributed by atoms with Crippen LogP contribution in [0.1, 0.15) is 47.7 Å². The second-order valence-electron chi connectivity index (χ2n) is 6.66. The topological polar surface area (TPSA) is 59.1 Å². The highest BCUT2D eigenvalue weighted by Crippen LogP contribution is 2.31. The zero-order valence-electron chi connectivity index (χ0n) is 15.6. The van der Waals surface area contributed by atoms with E-state index in [0.29, 0.717) is 12.1 Å². The van der Waals surface area contributed by atoms with E-state index in [2.05, 4.69) is 22.1 Å². The first-order valence-electron chi connectivity index (χ1n) is 8.95. The molecule has 138 valence electrons. The molecule has 1 aromatic heterocycles. The number of rotatable bonds is 4. The Morgan fingerprint density at radius 1 is 1.26 bits per heavy atom. The van der Waals surface area contributed by atoms with Crippen molar-refractivity contribution in [3.05, 3.63) is 64.2 Å². The van der Waals surface area contributed by atoms with E-state index in [1.165, 1.54) is 12.1 Å². The molecule has 1 aliphatic heterocycles. The number of aryl methyl sites for hydroxylation is 2. The molecule has 4 nitrogen and oxygen atoms in total. The first-order valence-corrected chi connectivity index (χ1v) is 8.95. The first-order chi connectivity index (χ1) is 12.9. The second kappa shape index (κ2) is 7.71. The first kappa shape index (κ1) is 18.8. The predicted octanol–water partition coefficient (Wildman–Crippen LogP) is 2.86. The SMILES string of the molecule is CC#Cc1cc(C)c(C2C(=O)NC(Cc3ccc(F)cn3)C2=O)c(CC)c1. The lowest BCUT2D eigenvalue weighted by Gasteiger charge is -2.16. The van der Waals surface area contributed by atoms with Crippen molar-refractivity contribution >= 4 is 11.7 Å². The summed E-state index contributed by atoms with van der Waals surface area (Å²) in [5.41, 5.74) is 4.07. The summed E-state index contributed by atoms with van der Waals surface area (Å²) in [5, 5.41) is 2.78. The van der Waals surface area contributed by atoms with Crippen LogP contribution in [0.4, 0.5) is 4.39 Å². The summed E-state index contributed by atoms with van der Waals surface area (Å²) in [7, 11) is 0. The largest absolute Gasteiger partial charge is 0.345 e. The van der Waals surface area contributed by atoms with Crippen LogP contribution in [-0.4, -0.2) is 22.7 Å². The van der Waals surface area contributed by atoms with E-state index in [-0.39, 0.29) is 18.1 Å². The zero-order chi connectivity index (χ0) is 19.6. The number of pyridine rings is 1. The number of hydrogen-bond donors (Lipinski definition) is 1. The van der Waals surface area contributed by atoms with Crippen LogP contribution in [0.15, 0.2) is 30.5 Å². The average Bonchev–Trinajstić information content (AvgIpc) is 2.90. The van der Waals surface area contributed by atoms with Crippen LogP contribution in [0, 0.1) is 24.6 Å². The van der Waals surface area contributed by atoms with Crippen molar-refractivity contribution in [2.75, 3.05) is 0 Å². The number of amides is 1. The van der Waals surface area contributed by atoms with Crippen LogP contribution in [0.5, 0.6) is 0 Å². The van der Waals surface area contributed by atoms with Crippen molar-refractivity contribution in [2.45, 2.75) is 45.6 Å². The lowest BCUT2D eigenvalue weighted by Crippen LogP contribution is -2.31. The zero-order valence-corrected chi connectivity index (χ0v) is 15.6. The summed E-state index contributed by atoms with van der Waals surface area (Å²) in [6.45, 7) is 5.68. The van der Waals surface area contributed by atoms with Crippen molar-refractivity contribution in [2.24, 2.45) is 0 Å². The molecule has 2 aromatic rings. The van der Waals surface area contributed by atoms with Gasteiger partial charge in [-0.05, 0) is 61.2 Å². The molecule has 5 heteroatoms. The van der Waals surface area contributed by atoms with Gasteiger partial charge in [0, 0.05) is 17.7 Å². The highest BCUT2D eigenvalue weighted by molar-refractivity contribution is 6.15. The van der Waals surface area contributed by atoms with Gasteiger partial charge in [-0.3, -0.25) is 14.6 Å². The van der Waals surface area contributed by atoms with E-state index < -0.39 is 17.8 Å². The minimum absolute atomic E-state index is 0.168. The van der Waals surface area contributed by atoms with Crippen LogP contribution in [-0.2, 0) is 22.4 Å². The van der Waals surface area contributed by atoms with E-state index in [1.807, 2.05) is 26.0 Å². The predicted molar refractivity (Wildman–Crippen MR) is 101 cm³/mol. The molecule has 0 bridgehead atoms. The normalized spacial score (nSPS) is 18.8. The lowest BCUT2D eigenvalue weighted by molar-refractivity contribution is -0.124. The number of benzene rings is 1. The van der Waals surface area contributed by atoms with Crippen LogP contribution in [0.25, 0.3) is 0 Å². The third-order valence-electron chi connectivity index (χ3n) is 4.82. The van der Waals surface area contributed by atoms with Crippen molar-refractivity contribution in [3.8, 4) is 11.8 Å². The minimum Gasteiger partial charge on any atom is -0.345 e. The van der Waals surface area contributed by atoms with Crippen molar-refractivity contribution in [1.29, 1.82) is 0 Å². The van der Waals surface area contributed by atoms with Gasteiger partial charge in [-0.1, -0.05) is 12.8 Å². The van der Waals surface area contributed by atoms with Gasteiger partial charge in [-0.2, -0.15) is 0 Å². The second-order valence-corrected chi connectivity index (χ2v) is 6.66. The molecular weight excluding hydrogens is 343 g/mol. The summed E-state index contributed by atoms with van der Waals surface area (Å²) >= 11 is 0. The fraction of sp³-hybridized carbons (Fsp3) is 0.318. The number of ketones is 1. The van der Waals surface area contributed by atoms with Crippen LogP contribution in [0.2, 0.25) is 0 Å². The summed E-state index contributed by atoms with van der Waals surface area (Å²) in [5.74, 6) is 4.19. The molecule has 0 saturated carbocycles. The molecule has 3 rings (SSSR count). The van der Waals surface area contributed by atoms with Gasteiger partial charge in [-0.25, -0.2) is 4.39 Å². The molecule has 27 heavy (non-hydrogen) atoms. The summed E-state index contributed by atoms with van der Waals surface area (Å²) in [6, 6.07) is 6.05. The Bertz CT molecular complexity index is 955. The number of nitrogens with zero attached hydrogens (tertiary/aromatic N) is 1. The molecule has 0 spiro atoms. The van der Waals surface area contributed by atoms with Crippen LogP contribution >= 0.6 is 0 Å². The van der Waals surface area contributed by atoms with Crippen LogP contribution in [0.3, 0.4) is 0 Å². The number of carbonyl (C=O) groups excluding carboxylic acids is 2. The van der Waals surface area contributed by atoms with Gasteiger partial charge in [0.05, 0.1) is 12.2 Å². The highest BCUT2D eigenvalue weighted by Gasteiger charge is 2.43. The molecule has 1 N–H and O–H groups in total. The fourth-order valence-electron chi connectivity index (χ4n) is 3.61. The van der Waals surface area contributed by atoms with Gasteiger partial charge in [-0.15, -0.1) is 5.92 Å². The summed E-state index contributed by atoms with van der Waals surface area (Å²) in [6.07, 6.45) is 2.07. The Balaban J connectivity index is 1.93. The van der Waals surface area contributed by atoms with E-state index in [4.69, 9.17) is 0 Å². The van der Waals surface area contributed by atoms with E-state index >= 15 is 0 Å². The van der Waals surface area contributed by atoms with Crippen molar-refractivity contribution in [1.82, 2.24) is 10.3 Å². The highest BCUT2D eigenvalue weighted by atomic mass is 19.1. The maximum absolute atomic E-state index is 13.0. The van der Waals surface area contributed by atoms with E-state index in [9.17, 15) is 14.0 Å². The molecule has 1 amide bonds. The van der Waals surface area contributed by atoms with Crippen molar-refractivity contribution < 1.29 is 14.0 Å². The molecule has 0 aliphatic carbocycles. The van der Waals surface area contributed by atoms with Gasteiger partial charge in [0.25, 0.3) is 0 Å². The number of hydrogen-bond acceptors (Lipinski definition) is 3. The molecule has 2 heterocycles. The Morgan fingerprint density at radius 3 is 2.67 bits per heavy atom. The molecule has 2 unspecified atom stereocenters. The number of Topliss-reactive ketones (excluding diaryl/α,β-unsaturated/α-hetero) is 1. The maximum atomic E-state index is 13.0. The van der Waals surface area contributed by atoms with Gasteiger partial charge < -0.3 is 5.32 Å². The lowest BCUT2D eigenvalue weighted by atomic mass is 9.84. The molecule has 1 aromatic carbocycles. The number of halogens is 1. The van der Waals surface area contributed by atoms with Gasteiger partial charge in [0.15, 0.2) is 5.78 Å². The molecule has 1 fully saturated rings. The number of carbonyl (C=O) groups is 2. The molecular formula is C22H21FN2O2. The Kier molecular flexibility index (Phi) is 5.36. The Morgan fingerprint density at radius 2 is 2.04 bits per heavy atom.